The number of piperazine rings is 1. The fraction of sp³-hybridized carbons (Fsp3) is 0.571. The molecule has 0 spiro atoms. The van der Waals surface area contributed by atoms with Gasteiger partial charge in [-0.15, -0.1) is 5.10 Å². The van der Waals surface area contributed by atoms with Gasteiger partial charge in [-0.25, -0.2) is 0 Å². The van der Waals surface area contributed by atoms with Crippen molar-refractivity contribution in [2.75, 3.05) is 31.1 Å². The summed E-state index contributed by atoms with van der Waals surface area (Å²) in [6, 6.07) is 4.42. The summed E-state index contributed by atoms with van der Waals surface area (Å²) in [5.41, 5.74) is 2.30. The maximum absolute atomic E-state index is 9.33. The van der Waals surface area contributed by atoms with Gasteiger partial charge in [0.05, 0.1) is 17.8 Å². The topological polar surface area (TPSA) is 79.8 Å². The first-order valence-electron chi connectivity index (χ1n) is 6.71. The molecule has 1 aliphatic rings. The SMILES string of the molecule is Cc1nnc(N2CCN(C(C)C#N)CC2)c(C#N)c1C. The van der Waals surface area contributed by atoms with Gasteiger partial charge in [0.2, 0.25) is 0 Å². The lowest BCUT2D eigenvalue weighted by Gasteiger charge is -2.36. The maximum Gasteiger partial charge on any atom is 0.169 e. The largest absolute Gasteiger partial charge is 0.351 e. The van der Waals surface area contributed by atoms with Crippen molar-refractivity contribution in [1.82, 2.24) is 15.1 Å². The van der Waals surface area contributed by atoms with Crippen molar-refractivity contribution in [3.05, 3.63) is 16.8 Å². The molecule has 1 aromatic rings. The van der Waals surface area contributed by atoms with E-state index >= 15 is 0 Å². The predicted octanol–water partition coefficient (Wildman–Crippen LogP) is 0.999. The third-order valence-electron chi connectivity index (χ3n) is 3.90. The minimum Gasteiger partial charge on any atom is -0.351 e. The number of nitriles is 2. The molecule has 20 heavy (non-hydrogen) atoms. The van der Waals surface area contributed by atoms with Gasteiger partial charge < -0.3 is 4.90 Å². The second-order valence-electron chi connectivity index (χ2n) is 5.05. The van der Waals surface area contributed by atoms with Crippen LogP contribution in [-0.4, -0.2) is 47.3 Å². The van der Waals surface area contributed by atoms with Gasteiger partial charge >= 0.3 is 0 Å². The van der Waals surface area contributed by atoms with Gasteiger partial charge in [0.15, 0.2) is 5.82 Å². The summed E-state index contributed by atoms with van der Waals surface area (Å²) < 4.78 is 0. The molecular weight excluding hydrogens is 252 g/mol. The van der Waals surface area contributed by atoms with Crippen LogP contribution in [-0.2, 0) is 0 Å². The number of hydrogen-bond donors (Lipinski definition) is 0. The number of anilines is 1. The van der Waals surface area contributed by atoms with E-state index in [0.717, 1.165) is 37.4 Å². The average Bonchev–Trinajstić information content (AvgIpc) is 2.49. The summed E-state index contributed by atoms with van der Waals surface area (Å²) >= 11 is 0. The molecule has 2 rings (SSSR count). The highest BCUT2D eigenvalue weighted by Gasteiger charge is 2.24. The smallest absolute Gasteiger partial charge is 0.169 e. The Morgan fingerprint density at radius 3 is 2.30 bits per heavy atom. The maximum atomic E-state index is 9.33. The summed E-state index contributed by atoms with van der Waals surface area (Å²) in [7, 11) is 0. The summed E-state index contributed by atoms with van der Waals surface area (Å²) in [6.07, 6.45) is 0. The number of hydrogen-bond acceptors (Lipinski definition) is 6. The van der Waals surface area contributed by atoms with E-state index in [1.807, 2.05) is 20.8 Å². The second kappa shape index (κ2) is 5.85. The lowest BCUT2D eigenvalue weighted by atomic mass is 10.1. The molecule has 0 N–H and O–H groups in total. The first-order valence-corrected chi connectivity index (χ1v) is 6.71. The fourth-order valence-corrected chi connectivity index (χ4v) is 2.35. The summed E-state index contributed by atoms with van der Waals surface area (Å²) in [4.78, 5) is 4.22. The van der Waals surface area contributed by atoms with Gasteiger partial charge in [-0.05, 0) is 26.3 Å². The van der Waals surface area contributed by atoms with Crippen LogP contribution in [0.4, 0.5) is 5.82 Å². The molecule has 0 radical (unpaired) electrons. The molecule has 0 aromatic carbocycles. The summed E-state index contributed by atoms with van der Waals surface area (Å²) in [5, 5.41) is 26.6. The minimum atomic E-state index is -0.0709. The Morgan fingerprint density at radius 2 is 1.75 bits per heavy atom. The van der Waals surface area contributed by atoms with Gasteiger partial charge in [0.1, 0.15) is 11.6 Å². The zero-order valence-corrected chi connectivity index (χ0v) is 12.1. The van der Waals surface area contributed by atoms with Crippen molar-refractivity contribution >= 4 is 5.82 Å². The van der Waals surface area contributed by atoms with E-state index < -0.39 is 0 Å². The molecule has 1 aromatic heterocycles. The minimum absolute atomic E-state index is 0.0709. The van der Waals surface area contributed by atoms with Gasteiger partial charge in [0, 0.05) is 26.2 Å². The van der Waals surface area contributed by atoms with Crippen LogP contribution in [0.1, 0.15) is 23.7 Å². The van der Waals surface area contributed by atoms with Gasteiger partial charge in [-0.3, -0.25) is 4.90 Å². The molecule has 0 amide bonds. The Bertz CT molecular complexity index is 575. The third-order valence-corrected chi connectivity index (χ3v) is 3.90. The van der Waals surface area contributed by atoms with E-state index in [2.05, 4.69) is 32.1 Å². The Labute approximate surface area is 119 Å². The number of nitrogens with zero attached hydrogens (tertiary/aromatic N) is 6. The molecule has 1 aliphatic heterocycles. The Kier molecular flexibility index (Phi) is 4.16. The van der Waals surface area contributed by atoms with E-state index in [4.69, 9.17) is 5.26 Å². The van der Waals surface area contributed by atoms with Crippen LogP contribution < -0.4 is 4.90 Å². The first-order chi connectivity index (χ1) is 9.58. The summed E-state index contributed by atoms with van der Waals surface area (Å²) in [6.45, 7) is 8.80. The van der Waals surface area contributed by atoms with Crippen molar-refractivity contribution in [3.8, 4) is 12.1 Å². The van der Waals surface area contributed by atoms with Crippen LogP contribution in [0.2, 0.25) is 0 Å². The molecule has 1 saturated heterocycles. The highest BCUT2D eigenvalue weighted by atomic mass is 15.3. The molecule has 0 aliphatic carbocycles. The highest BCUT2D eigenvalue weighted by Crippen LogP contribution is 2.22. The molecule has 6 heteroatoms. The predicted molar refractivity (Wildman–Crippen MR) is 75.1 cm³/mol. The quantitative estimate of drug-likeness (QED) is 0.797. The van der Waals surface area contributed by atoms with Crippen LogP contribution in [0.15, 0.2) is 0 Å². The second-order valence-corrected chi connectivity index (χ2v) is 5.05. The Hall–Kier alpha value is -2.18. The van der Waals surface area contributed by atoms with E-state index in [9.17, 15) is 5.26 Å². The molecule has 2 heterocycles. The van der Waals surface area contributed by atoms with Crippen molar-refractivity contribution in [1.29, 1.82) is 10.5 Å². The van der Waals surface area contributed by atoms with Crippen molar-refractivity contribution in [2.45, 2.75) is 26.8 Å². The third kappa shape index (κ3) is 2.56. The number of aryl methyl sites for hydroxylation is 1. The molecule has 0 bridgehead atoms. The monoisotopic (exact) mass is 270 g/mol. The van der Waals surface area contributed by atoms with Crippen LogP contribution in [0.5, 0.6) is 0 Å². The van der Waals surface area contributed by atoms with Crippen LogP contribution in [0.25, 0.3) is 0 Å². The molecule has 1 atom stereocenters. The number of rotatable bonds is 2. The standard InChI is InChI=1S/C14H18N6/c1-10(8-15)19-4-6-20(7-5-19)14-13(9-16)11(2)12(3)17-18-14/h10H,4-7H2,1-3H3. The van der Waals surface area contributed by atoms with Crippen LogP contribution in [0, 0.1) is 36.5 Å². The van der Waals surface area contributed by atoms with Crippen molar-refractivity contribution in [3.63, 3.8) is 0 Å². The van der Waals surface area contributed by atoms with Gasteiger partial charge in [-0.1, -0.05) is 0 Å². The van der Waals surface area contributed by atoms with Crippen LogP contribution in [0.3, 0.4) is 0 Å². The lowest BCUT2D eigenvalue weighted by Crippen LogP contribution is -2.49. The fourth-order valence-electron chi connectivity index (χ4n) is 2.35. The normalized spacial score (nSPS) is 17.4. The highest BCUT2D eigenvalue weighted by molar-refractivity contribution is 5.57. The molecule has 0 saturated carbocycles. The molecule has 6 nitrogen and oxygen atoms in total. The van der Waals surface area contributed by atoms with E-state index in [1.165, 1.54) is 0 Å². The van der Waals surface area contributed by atoms with E-state index in [-0.39, 0.29) is 6.04 Å². The Morgan fingerprint density at radius 1 is 1.10 bits per heavy atom. The number of aromatic nitrogens is 2. The molecule has 1 unspecified atom stereocenters. The summed E-state index contributed by atoms with van der Waals surface area (Å²) in [5.74, 6) is 0.667. The molecular formula is C14H18N6. The molecule has 104 valence electrons. The van der Waals surface area contributed by atoms with Gasteiger partial charge in [0.25, 0.3) is 0 Å². The van der Waals surface area contributed by atoms with Crippen LogP contribution >= 0.6 is 0 Å². The van der Waals surface area contributed by atoms with Gasteiger partial charge in [-0.2, -0.15) is 15.6 Å². The lowest BCUT2D eigenvalue weighted by molar-refractivity contribution is 0.231. The zero-order chi connectivity index (χ0) is 14.7. The van der Waals surface area contributed by atoms with Crippen molar-refractivity contribution < 1.29 is 0 Å². The van der Waals surface area contributed by atoms with E-state index in [1.54, 1.807) is 0 Å². The zero-order valence-electron chi connectivity index (χ0n) is 12.1. The first kappa shape index (κ1) is 14.2. The molecule has 1 fully saturated rings. The van der Waals surface area contributed by atoms with E-state index in [0.29, 0.717) is 11.4 Å². The average molecular weight is 270 g/mol. The van der Waals surface area contributed by atoms with Crippen molar-refractivity contribution in [2.24, 2.45) is 0 Å². The Balaban J connectivity index is 2.18.